The molecule has 1 unspecified atom stereocenters. The summed E-state index contributed by atoms with van der Waals surface area (Å²) in [6.07, 6.45) is 6.32. The van der Waals surface area contributed by atoms with Crippen LogP contribution in [0, 0.1) is 0 Å². The van der Waals surface area contributed by atoms with Gasteiger partial charge in [0, 0.05) is 31.9 Å². The van der Waals surface area contributed by atoms with E-state index in [4.69, 9.17) is 13.6 Å². The summed E-state index contributed by atoms with van der Waals surface area (Å²) in [5.74, 6) is 0.252. The summed E-state index contributed by atoms with van der Waals surface area (Å²) < 4.78 is 0. The van der Waals surface area contributed by atoms with Crippen LogP contribution in [-0.2, 0) is 0 Å². The van der Waals surface area contributed by atoms with Gasteiger partial charge < -0.3 is 15.5 Å². The molecular weight excluding hydrogens is 233 g/mol. The van der Waals surface area contributed by atoms with Crippen LogP contribution in [0.1, 0.15) is 33.6 Å². The largest absolute Gasteiger partial charge is 0.400 e. The normalized spacial score (nSPS) is 20.7. The number of piperazine rings is 1. The lowest BCUT2D eigenvalue weighted by Gasteiger charge is -2.38. The summed E-state index contributed by atoms with van der Waals surface area (Å²) in [4.78, 5) is 4.84. The molecule has 1 rings (SSSR count). The molecule has 0 aliphatic carbocycles. The van der Waals surface area contributed by atoms with Crippen LogP contribution < -0.4 is 5.73 Å². The summed E-state index contributed by atoms with van der Waals surface area (Å²) >= 11 is 0. The molecule has 0 aromatic carbocycles. The predicted molar refractivity (Wildman–Crippen MR) is 84.1 cm³/mol. The van der Waals surface area contributed by atoms with E-state index in [2.05, 4.69) is 42.7 Å². The molecule has 0 bridgehead atoms. The van der Waals surface area contributed by atoms with Gasteiger partial charge in [0.25, 0.3) is 0 Å². The molecule has 1 saturated heterocycles. The van der Waals surface area contributed by atoms with E-state index in [1.54, 1.807) is 0 Å². The average Bonchev–Trinajstić information content (AvgIpc) is 2.40. The standard InChI is InChI=1S/C15H28BN3/c1-4-6-7-15(14(17)5-2)19-10-8-18(9-11-19)12-13(3)16/h6-7,13H,4-5,8-12,17H2,1-3H3/b7-6-,15-14+. The summed E-state index contributed by atoms with van der Waals surface area (Å²) in [6, 6.07) is 0. The molecule has 1 aliphatic rings. The highest BCUT2D eigenvalue weighted by molar-refractivity contribution is 6.11. The van der Waals surface area contributed by atoms with E-state index in [-0.39, 0.29) is 5.82 Å². The van der Waals surface area contributed by atoms with Crippen LogP contribution in [0.25, 0.3) is 0 Å². The van der Waals surface area contributed by atoms with Crippen molar-refractivity contribution in [3.63, 3.8) is 0 Å². The minimum absolute atomic E-state index is 0.252. The average molecular weight is 261 g/mol. The Kier molecular flexibility index (Phi) is 7.07. The molecule has 0 spiro atoms. The second-order valence-electron chi connectivity index (χ2n) is 5.34. The van der Waals surface area contributed by atoms with Crippen LogP contribution in [0.2, 0.25) is 5.82 Å². The second kappa shape index (κ2) is 8.31. The first-order valence-corrected chi connectivity index (χ1v) is 7.46. The molecule has 4 heteroatoms. The third-order valence-corrected chi connectivity index (χ3v) is 3.48. The Hall–Kier alpha value is -0.895. The number of hydrogen-bond donors (Lipinski definition) is 1. The van der Waals surface area contributed by atoms with Crippen molar-refractivity contribution in [2.75, 3.05) is 32.7 Å². The van der Waals surface area contributed by atoms with Gasteiger partial charge in [0.1, 0.15) is 0 Å². The SMILES string of the molecule is [B]C(C)CN1CCN(C(/C=C\CC)=C(/N)CC)CC1. The highest BCUT2D eigenvalue weighted by Gasteiger charge is 2.19. The number of nitrogens with zero attached hydrogens (tertiary/aromatic N) is 2. The van der Waals surface area contributed by atoms with Gasteiger partial charge in [-0.05, 0) is 25.5 Å². The predicted octanol–water partition coefficient (Wildman–Crippen LogP) is 2.13. The minimum atomic E-state index is 0.252. The molecule has 1 fully saturated rings. The van der Waals surface area contributed by atoms with Crippen molar-refractivity contribution >= 4 is 7.85 Å². The van der Waals surface area contributed by atoms with Gasteiger partial charge in [0.2, 0.25) is 0 Å². The smallest absolute Gasteiger partial charge is 0.0713 e. The van der Waals surface area contributed by atoms with Crippen LogP contribution in [0.4, 0.5) is 0 Å². The zero-order valence-corrected chi connectivity index (χ0v) is 12.7. The molecule has 19 heavy (non-hydrogen) atoms. The van der Waals surface area contributed by atoms with Gasteiger partial charge in [-0.1, -0.05) is 32.7 Å². The van der Waals surface area contributed by atoms with Crippen LogP contribution in [0.15, 0.2) is 23.5 Å². The fraction of sp³-hybridized carbons (Fsp3) is 0.733. The fourth-order valence-electron chi connectivity index (χ4n) is 2.40. The summed E-state index contributed by atoms with van der Waals surface area (Å²) in [6.45, 7) is 11.5. The number of nitrogens with two attached hydrogens (primary N) is 1. The quantitative estimate of drug-likeness (QED) is 0.587. The van der Waals surface area contributed by atoms with Gasteiger partial charge in [0.05, 0.1) is 13.5 Å². The van der Waals surface area contributed by atoms with E-state index in [0.29, 0.717) is 0 Å². The lowest BCUT2D eigenvalue weighted by Crippen LogP contribution is -2.46. The highest BCUT2D eigenvalue weighted by Crippen LogP contribution is 2.16. The molecular formula is C15H28BN3. The zero-order chi connectivity index (χ0) is 14.3. The van der Waals surface area contributed by atoms with Crippen LogP contribution >= 0.6 is 0 Å². The van der Waals surface area contributed by atoms with Crippen molar-refractivity contribution in [3.05, 3.63) is 23.5 Å². The van der Waals surface area contributed by atoms with Crippen LogP contribution in [0.3, 0.4) is 0 Å². The first-order valence-electron chi connectivity index (χ1n) is 7.46. The van der Waals surface area contributed by atoms with Crippen molar-refractivity contribution in [1.82, 2.24) is 9.80 Å². The summed E-state index contributed by atoms with van der Waals surface area (Å²) in [5, 5.41) is 0. The van der Waals surface area contributed by atoms with E-state index >= 15 is 0 Å². The van der Waals surface area contributed by atoms with Crippen LogP contribution in [0.5, 0.6) is 0 Å². The Morgan fingerprint density at radius 2 is 1.89 bits per heavy atom. The Bertz CT molecular complexity index is 315. The maximum absolute atomic E-state index is 6.16. The Morgan fingerprint density at radius 3 is 2.37 bits per heavy atom. The molecule has 0 aromatic rings. The van der Waals surface area contributed by atoms with E-state index in [1.165, 1.54) is 5.70 Å². The molecule has 3 nitrogen and oxygen atoms in total. The van der Waals surface area contributed by atoms with E-state index in [1.807, 2.05) is 0 Å². The Labute approximate surface area is 119 Å². The van der Waals surface area contributed by atoms with Crippen molar-refractivity contribution in [3.8, 4) is 0 Å². The van der Waals surface area contributed by atoms with Gasteiger partial charge in [0.15, 0.2) is 0 Å². The van der Waals surface area contributed by atoms with Crippen molar-refractivity contribution < 1.29 is 0 Å². The minimum Gasteiger partial charge on any atom is -0.400 e. The topological polar surface area (TPSA) is 32.5 Å². The number of rotatable bonds is 6. The Balaban J connectivity index is 2.62. The molecule has 0 aromatic heterocycles. The molecule has 0 saturated carbocycles. The van der Waals surface area contributed by atoms with Gasteiger partial charge in [-0.25, -0.2) is 0 Å². The van der Waals surface area contributed by atoms with Gasteiger partial charge in [-0.2, -0.15) is 0 Å². The highest BCUT2D eigenvalue weighted by atomic mass is 15.3. The van der Waals surface area contributed by atoms with Crippen molar-refractivity contribution in [1.29, 1.82) is 0 Å². The van der Waals surface area contributed by atoms with Gasteiger partial charge in [-0.3, -0.25) is 0 Å². The third-order valence-electron chi connectivity index (χ3n) is 3.48. The zero-order valence-electron chi connectivity index (χ0n) is 12.7. The number of allylic oxidation sites excluding steroid dienone is 3. The molecule has 1 atom stereocenters. The summed E-state index contributed by atoms with van der Waals surface area (Å²) in [5.41, 5.74) is 8.36. The number of hydrogen-bond acceptors (Lipinski definition) is 3. The monoisotopic (exact) mass is 261 g/mol. The van der Waals surface area contributed by atoms with E-state index in [0.717, 1.165) is 51.3 Å². The third kappa shape index (κ3) is 5.31. The molecule has 0 amide bonds. The molecule has 106 valence electrons. The van der Waals surface area contributed by atoms with Crippen molar-refractivity contribution in [2.45, 2.75) is 39.4 Å². The maximum Gasteiger partial charge on any atom is 0.0713 e. The fourth-order valence-corrected chi connectivity index (χ4v) is 2.40. The first-order chi connectivity index (χ1) is 9.08. The van der Waals surface area contributed by atoms with E-state index in [9.17, 15) is 0 Å². The first kappa shape index (κ1) is 16.2. The lowest BCUT2D eigenvalue weighted by atomic mass is 9.89. The lowest BCUT2D eigenvalue weighted by molar-refractivity contribution is 0.161. The van der Waals surface area contributed by atoms with Crippen molar-refractivity contribution in [2.24, 2.45) is 5.73 Å². The summed E-state index contributed by atoms with van der Waals surface area (Å²) in [7, 11) is 5.86. The van der Waals surface area contributed by atoms with Gasteiger partial charge >= 0.3 is 0 Å². The molecule has 1 heterocycles. The van der Waals surface area contributed by atoms with E-state index < -0.39 is 0 Å². The molecule has 1 aliphatic heterocycles. The Morgan fingerprint density at radius 1 is 1.26 bits per heavy atom. The molecule has 2 radical (unpaired) electrons. The molecule has 2 N–H and O–H groups in total. The second-order valence-corrected chi connectivity index (χ2v) is 5.34. The van der Waals surface area contributed by atoms with Gasteiger partial charge in [-0.15, -0.1) is 0 Å². The van der Waals surface area contributed by atoms with Crippen LogP contribution in [-0.4, -0.2) is 50.4 Å². The maximum atomic E-state index is 6.16.